The molecule has 8 heteroatoms. The summed E-state index contributed by atoms with van der Waals surface area (Å²) in [4.78, 5) is 20.9. The van der Waals surface area contributed by atoms with E-state index in [1.165, 1.54) is 18.4 Å². The molecule has 2 heterocycles. The Morgan fingerprint density at radius 2 is 2.38 bits per heavy atom. The first-order chi connectivity index (χ1) is 7.58. The number of hydrazine groups is 1. The SMILES string of the molecule is NN1C/C(=C\c2occc2[N+](=O)[O-])OC1=O. The van der Waals surface area contributed by atoms with Crippen molar-refractivity contribution in [1.82, 2.24) is 5.01 Å². The Labute approximate surface area is 89.0 Å². The summed E-state index contributed by atoms with van der Waals surface area (Å²) in [6, 6.07) is 1.21. The number of nitrogens with zero attached hydrogens (tertiary/aromatic N) is 2. The molecule has 0 atom stereocenters. The standard InChI is InChI=1S/C8H7N3O5/c9-10-4-5(16-8(10)12)3-7-6(11(13)14)1-2-15-7/h1-3H,4,9H2/b5-3+. The van der Waals surface area contributed by atoms with Gasteiger partial charge in [-0.2, -0.15) is 0 Å². The van der Waals surface area contributed by atoms with Gasteiger partial charge in [-0.1, -0.05) is 0 Å². The van der Waals surface area contributed by atoms with Gasteiger partial charge in [0.25, 0.3) is 0 Å². The first-order valence-corrected chi connectivity index (χ1v) is 4.24. The average molecular weight is 225 g/mol. The minimum Gasteiger partial charge on any atom is -0.457 e. The molecule has 1 aromatic rings. The first kappa shape index (κ1) is 10.2. The van der Waals surface area contributed by atoms with E-state index in [9.17, 15) is 14.9 Å². The van der Waals surface area contributed by atoms with Crippen molar-refractivity contribution < 1.29 is 18.9 Å². The minimum atomic E-state index is -0.708. The number of nitrogens with two attached hydrogens (primary N) is 1. The third-order valence-electron chi connectivity index (χ3n) is 1.94. The summed E-state index contributed by atoms with van der Waals surface area (Å²) in [7, 11) is 0. The van der Waals surface area contributed by atoms with E-state index in [0.717, 1.165) is 5.01 Å². The van der Waals surface area contributed by atoms with Crippen LogP contribution in [0.15, 0.2) is 22.5 Å². The maximum atomic E-state index is 10.9. The van der Waals surface area contributed by atoms with Crippen LogP contribution in [0.2, 0.25) is 0 Å². The Bertz CT molecular complexity index is 478. The fourth-order valence-corrected chi connectivity index (χ4v) is 1.23. The van der Waals surface area contributed by atoms with Crippen molar-refractivity contribution >= 4 is 17.9 Å². The van der Waals surface area contributed by atoms with Crippen molar-refractivity contribution in [2.24, 2.45) is 5.84 Å². The predicted octanol–water partition coefficient (Wildman–Crippen LogP) is 0.855. The Hall–Kier alpha value is -2.35. The van der Waals surface area contributed by atoms with Crippen LogP contribution in [0.1, 0.15) is 5.76 Å². The van der Waals surface area contributed by atoms with Crippen molar-refractivity contribution in [3.63, 3.8) is 0 Å². The molecule has 1 fully saturated rings. The van der Waals surface area contributed by atoms with Gasteiger partial charge in [-0.05, 0) is 0 Å². The van der Waals surface area contributed by atoms with Crippen molar-refractivity contribution in [2.45, 2.75) is 0 Å². The molecule has 2 N–H and O–H groups in total. The summed E-state index contributed by atoms with van der Waals surface area (Å²) in [6.07, 6.45) is 1.74. The molecular weight excluding hydrogens is 218 g/mol. The number of carbonyl (C=O) groups is 1. The molecule has 0 unspecified atom stereocenters. The Morgan fingerprint density at radius 1 is 1.62 bits per heavy atom. The Balaban J connectivity index is 2.27. The molecular formula is C8H7N3O5. The molecule has 0 aliphatic carbocycles. The van der Waals surface area contributed by atoms with Crippen LogP contribution in [0.4, 0.5) is 10.5 Å². The van der Waals surface area contributed by atoms with Crippen molar-refractivity contribution in [3.05, 3.63) is 34.0 Å². The molecule has 1 saturated heterocycles. The van der Waals surface area contributed by atoms with Crippen LogP contribution in [0.5, 0.6) is 0 Å². The number of carbonyl (C=O) groups excluding carboxylic acids is 1. The Morgan fingerprint density at radius 3 is 2.94 bits per heavy atom. The van der Waals surface area contributed by atoms with Crippen LogP contribution < -0.4 is 5.84 Å². The highest BCUT2D eigenvalue weighted by Crippen LogP contribution is 2.24. The van der Waals surface area contributed by atoms with Gasteiger partial charge in [0.1, 0.15) is 5.76 Å². The summed E-state index contributed by atoms with van der Waals surface area (Å²) < 4.78 is 9.61. The Kier molecular flexibility index (Phi) is 2.33. The van der Waals surface area contributed by atoms with E-state index in [-0.39, 0.29) is 23.8 Å². The average Bonchev–Trinajstić information content (AvgIpc) is 2.75. The van der Waals surface area contributed by atoms with Gasteiger partial charge in [0.05, 0.1) is 23.8 Å². The fourth-order valence-electron chi connectivity index (χ4n) is 1.23. The maximum absolute atomic E-state index is 10.9. The lowest BCUT2D eigenvalue weighted by Crippen LogP contribution is -2.31. The molecule has 84 valence electrons. The molecule has 0 saturated carbocycles. The van der Waals surface area contributed by atoms with Gasteiger partial charge in [0.15, 0.2) is 0 Å². The summed E-state index contributed by atoms with van der Waals surface area (Å²) >= 11 is 0. The van der Waals surface area contributed by atoms with Crippen molar-refractivity contribution in [1.29, 1.82) is 0 Å². The second-order valence-electron chi connectivity index (χ2n) is 3.03. The molecule has 8 nitrogen and oxygen atoms in total. The van der Waals surface area contributed by atoms with Crippen molar-refractivity contribution in [2.75, 3.05) is 6.54 Å². The van der Waals surface area contributed by atoms with Crippen LogP contribution in [0.3, 0.4) is 0 Å². The second kappa shape index (κ2) is 3.66. The van der Waals surface area contributed by atoms with E-state index in [1.807, 2.05) is 0 Å². The quantitative estimate of drug-likeness (QED) is 0.345. The third-order valence-corrected chi connectivity index (χ3v) is 1.94. The highest BCUT2D eigenvalue weighted by molar-refractivity contribution is 5.73. The van der Waals surface area contributed by atoms with Gasteiger partial charge in [-0.3, -0.25) is 10.1 Å². The smallest absolute Gasteiger partial charge is 0.429 e. The lowest BCUT2D eigenvalue weighted by atomic mass is 10.3. The molecule has 0 bridgehead atoms. The molecule has 0 radical (unpaired) electrons. The van der Waals surface area contributed by atoms with Crippen LogP contribution in [-0.2, 0) is 4.74 Å². The number of furan rings is 1. The van der Waals surface area contributed by atoms with Crippen LogP contribution >= 0.6 is 0 Å². The van der Waals surface area contributed by atoms with Crippen LogP contribution in [-0.4, -0.2) is 22.6 Å². The van der Waals surface area contributed by atoms with Gasteiger partial charge in [-0.15, -0.1) is 0 Å². The number of ether oxygens (including phenoxy) is 1. The van der Waals surface area contributed by atoms with Crippen molar-refractivity contribution in [3.8, 4) is 0 Å². The van der Waals surface area contributed by atoms with Gasteiger partial charge >= 0.3 is 11.8 Å². The topological polar surface area (TPSA) is 112 Å². The molecule has 1 aliphatic rings. The number of rotatable bonds is 2. The van der Waals surface area contributed by atoms with Gasteiger partial charge in [0.2, 0.25) is 5.76 Å². The van der Waals surface area contributed by atoms with Gasteiger partial charge < -0.3 is 9.15 Å². The van der Waals surface area contributed by atoms with E-state index in [1.54, 1.807) is 0 Å². The first-order valence-electron chi connectivity index (χ1n) is 4.24. The highest BCUT2D eigenvalue weighted by Gasteiger charge is 2.26. The zero-order valence-electron chi connectivity index (χ0n) is 7.95. The molecule has 1 aromatic heterocycles. The predicted molar refractivity (Wildman–Crippen MR) is 50.7 cm³/mol. The summed E-state index contributed by atoms with van der Waals surface area (Å²) in [5.41, 5.74) is -0.195. The van der Waals surface area contributed by atoms with E-state index < -0.39 is 11.0 Å². The van der Waals surface area contributed by atoms with E-state index >= 15 is 0 Å². The van der Waals surface area contributed by atoms with E-state index in [4.69, 9.17) is 15.0 Å². The third kappa shape index (κ3) is 1.73. The van der Waals surface area contributed by atoms with E-state index in [0.29, 0.717) is 0 Å². The zero-order valence-corrected chi connectivity index (χ0v) is 7.95. The largest absolute Gasteiger partial charge is 0.457 e. The maximum Gasteiger partial charge on any atom is 0.429 e. The molecule has 1 amide bonds. The molecule has 1 aliphatic heterocycles. The number of nitro groups is 1. The number of amides is 1. The molecule has 0 aromatic carbocycles. The van der Waals surface area contributed by atoms with Gasteiger partial charge in [0, 0.05) is 6.08 Å². The summed E-state index contributed by atoms with van der Waals surface area (Å²) in [5.74, 6) is 5.47. The minimum absolute atomic E-state index is 0.0168. The van der Waals surface area contributed by atoms with Crippen LogP contribution in [0, 0.1) is 10.1 Å². The molecule has 16 heavy (non-hydrogen) atoms. The lowest BCUT2D eigenvalue weighted by molar-refractivity contribution is -0.385. The number of hydrogen-bond acceptors (Lipinski definition) is 6. The fraction of sp³-hybridized carbons (Fsp3) is 0.125. The zero-order chi connectivity index (χ0) is 11.7. The lowest BCUT2D eigenvalue weighted by Gasteiger charge is -1.98. The molecule has 0 spiro atoms. The second-order valence-corrected chi connectivity index (χ2v) is 3.03. The monoisotopic (exact) mass is 225 g/mol. The normalized spacial score (nSPS) is 17.9. The summed E-state index contributed by atoms with van der Waals surface area (Å²) in [5, 5.41) is 11.4. The number of hydrogen-bond donors (Lipinski definition) is 1. The number of cyclic esters (lactones) is 1. The van der Waals surface area contributed by atoms with Crippen LogP contribution in [0.25, 0.3) is 6.08 Å². The highest BCUT2D eigenvalue weighted by atomic mass is 16.6. The van der Waals surface area contributed by atoms with Gasteiger partial charge in [-0.25, -0.2) is 15.6 Å². The summed E-state index contributed by atoms with van der Waals surface area (Å²) in [6.45, 7) is 0.0523. The molecule has 2 rings (SSSR count). The van der Waals surface area contributed by atoms with E-state index in [2.05, 4.69) is 0 Å².